The predicted molar refractivity (Wildman–Crippen MR) is 96.3 cm³/mol. The summed E-state index contributed by atoms with van der Waals surface area (Å²) in [6.45, 7) is 2.28. The van der Waals surface area contributed by atoms with Crippen LogP contribution < -0.4 is 5.32 Å². The Bertz CT molecular complexity index is 864. The Hall–Kier alpha value is -2.67. The molecule has 1 N–H and O–H groups in total. The van der Waals surface area contributed by atoms with E-state index in [9.17, 15) is 9.18 Å². The van der Waals surface area contributed by atoms with E-state index in [2.05, 4.69) is 15.4 Å². The van der Waals surface area contributed by atoms with Crippen LogP contribution >= 0.6 is 11.8 Å². The first-order valence-electron chi connectivity index (χ1n) is 7.83. The average molecular weight is 356 g/mol. The van der Waals surface area contributed by atoms with Crippen LogP contribution in [0.4, 0.5) is 10.2 Å². The van der Waals surface area contributed by atoms with Gasteiger partial charge in [-0.1, -0.05) is 25.1 Å². The van der Waals surface area contributed by atoms with Crippen LogP contribution in [0.15, 0.2) is 59.9 Å². The minimum absolute atomic E-state index is 0.236. The Morgan fingerprint density at radius 2 is 2.08 bits per heavy atom. The van der Waals surface area contributed by atoms with Gasteiger partial charge in [0.2, 0.25) is 0 Å². The van der Waals surface area contributed by atoms with Crippen LogP contribution in [0.1, 0.15) is 22.8 Å². The number of rotatable bonds is 6. The fourth-order valence-corrected chi connectivity index (χ4v) is 2.88. The minimum Gasteiger partial charge on any atom is -0.307 e. The largest absolute Gasteiger partial charge is 0.307 e. The van der Waals surface area contributed by atoms with Crippen LogP contribution in [0.25, 0.3) is 0 Å². The Balaban J connectivity index is 1.72. The third-order valence-corrected chi connectivity index (χ3v) is 4.35. The molecule has 128 valence electrons. The molecule has 1 amide bonds. The predicted octanol–water partition coefficient (Wildman–Crippen LogP) is 3.83. The van der Waals surface area contributed by atoms with E-state index in [1.54, 1.807) is 59.2 Å². The second-order valence-corrected chi connectivity index (χ2v) is 6.52. The topological polar surface area (TPSA) is 59.8 Å². The molecule has 2 heterocycles. The highest BCUT2D eigenvalue weighted by Gasteiger charge is 2.11. The number of aromatic nitrogens is 3. The Morgan fingerprint density at radius 1 is 1.24 bits per heavy atom. The number of carbonyl (C=O) groups is 1. The van der Waals surface area contributed by atoms with Gasteiger partial charge in [0, 0.05) is 17.8 Å². The summed E-state index contributed by atoms with van der Waals surface area (Å²) in [6.07, 6.45) is 3.11. The molecule has 0 aliphatic heterocycles. The van der Waals surface area contributed by atoms with Gasteiger partial charge in [-0.25, -0.2) is 14.1 Å². The molecule has 5 nitrogen and oxygen atoms in total. The summed E-state index contributed by atoms with van der Waals surface area (Å²) in [6, 6.07) is 11.7. The molecule has 0 aliphatic carbocycles. The summed E-state index contributed by atoms with van der Waals surface area (Å²) in [5.74, 6) is 0.841. The van der Waals surface area contributed by atoms with Crippen LogP contribution in [0.5, 0.6) is 0 Å². The van der Waals surface area contributed by atoms with Crippen LogP contribution in [0.3, 0.4) is 0 Å². The molecule has 0 saturated heterocycles. The van der Waals surface area contributed by atoms with E-state index in [0.29, 0.717) is 16.9 Å². The number of amides is 1. The molecule has 0 atom stereocenters. The van der Waals surface area contributed by atoms with E-state index < -0.39 is 0 Å². The summed E-state index contributed by atoms with van der Waals surface area (Å²) < 4.78 is 15.3. The smallest absolute Gasteiger partial charge is 0.258 e. The van der Waals surface area contributed by atoms with Crippen molar-refractivity contribution >= 4 is 23.5 Å². The first-order valence-corrected chi connectivity index (χ1v) is 8.81. The molecule has 7 heteroatoms. The number of hydrogen-bond donors (Lipinski definition) is 1. The Labute approximate surface area is 149 Å². The molecule has 0 spiro atoms. The van der Waals surface area contributed by atoms with Crippen molar-refractivity contribution in [3.05, 3.63) is 71.8 Å². The van der Waals surface area contributed by atoms with Crippen LogP contribution in [-0.4, -0.2) is 26.4 Å². The zero-order valence-corrected chi connectivity index (χ0v) is 14.5. The monoisotopic (exact) mass is 356 g/mol. The average Bonchev–Trinajstić information content (AvgIpc) is 3.04. The first-order chi connectivity index (χ1) is 12.2. The van der Waals surface area contributed by atoms with Crippen molar-refractivity contribution < 1.29 is 9.18 Å². The number of halogens is 1. The number of hydrogen-bond acceptors (Lipinski definition) is 4. The second-order valence-electron chi connectivity index (χ2n) is 5.24. The van der Waals surface area contributed by atoms with Crippen LogP contribution in [-0.2, 0) is 6.54 Å². The molecular weight excluding hydrogens is 339 g/mol. The van der Waals surface area contributed by atoms with E-state index in [1.807, 2.05) is 13.0 Å². The van der Waals surface area contributed by atoms with E-state index in [4.69, 9.17) is 0 Å². The van der Waals surface area contributed by atoms with Crippen LogP contribution in [0.2, 0.25) is 0 Å². The lowest BCUT2D eigenvalue weighted by Crippen LogP contribution is -2.16. The van der Waals surface area contributed by atoms with Crippen molar-refractivity contribution in [3.8, 4) is 0 Å². The van der Waals surface area contributed by atoms with Gasteiger partial charge < -0.3 is 5.32 Å². The van der Waals surface area contributed by atoms with Crippen molar-refractivity contribution in [2.45, 2.75) is 18.5 Å². The molecule has 0 saturated carbocycles. The zero-order valence-electron chi connectivity index (χ0n) is 13.6. The molecule has 0 aliphatic rings. The highest BCUT2D eigenvalue weighted by molar-refractivity contribution is 7.99. The maximum Gasteiger partial charge on any atom is 0.258 e. The zero-order chi connectivity index (χ0) is 17.6. The molecular formula is C18H17FN4OS. The van der Waals surface area contributed by atoms with Crippen molar-refractivity contribution in [3.63, 3.8) is 0 Å². The van der Waals surface area contributed by atoms with Gasteiger partial charge in [-0.15, -0.1) is 11.8 Å². The first kappa shape index (κ1) is 17.2. The standard InChI is InChI=1S/C18H17FN4OS/c1-2-25-17-8-7-13(11-20-17)18(24)22-16-9-10-21-23(16)12-14-5-3-4-6-15(14)19/h3-11H,2,12H2,1H3,(H,22,24). The number of carbonyl (C=O) groups excluding carboxylic acids is 1. The second kappa shape index (κ2) is 7.94. The normalized spacial score (nSPS) is 10.6. The number of nitrogens with zero attached hydrogens (tertiary/aromatic N) is 3. The number of thioether (sulfide) groups is 1. The molecule has 3 aromatic rings. The number of pyridine rings is 1. The number of nitrogens with one attached hydrogen (secondary N) is 1. The highest BCUT2D eigenvalue weighted by atomic mass is 32.2. The fourth-order valence-electron chi connectivity index (χ4n) is 2.29. The van der Waals surface area contributed by atoms with Gasteiger partial charge in [0.1, 0.15) is 11.6 Å². The van der Waals surface area contributed by atoms with Gasteiger partial charge in [0.05, 0.1) is 23.3 Å². The van der Waals surface area contributed by atoms with Gasteiger partial charge in [0.15, 0.2) is 0 Å². The van der Waals surface area contributed by atoms with Crippen molar-refractivity contribution in [1.29, 1.82) is 0 Å². The highest BCUT2D eigenvalue weighted by Crippen LogP contribution is 2.16. The molecule has 0 bridgehead atoms. The quantitative estimate of drug-likeness (QED) is 0.682. The van der Waals surface area contributed by atoms with Gasteiger partial charge in [0.25, 0.3) is 5.91 Å². The van der Waals surface area contributed by atoms with E-state index in [-0.39, 0.29) is 18.3 Å². The molecule has 2 aromatic heterocycles. The van der Waals surface area contributed by atoms with E-state index in [1.165, 1.54) is 6.07 Å². The minimum atomic E-state index is -0.302. The Morgan fingerprint density at radius 3 is 2.80 bits per heavy atom. The van der Waals surface area contributed by atoms with Crippen molar-refractivity contribution in [1.82, 2.24) is 14.8 Å². The SMILES string of the molecule is CCSc1ccc(C(=O)Nc2ccnn2Cc2ccccc2F)cn1. The van der Waals surface area contributed by atoms with Crippen molar-refractivity contribution in [2.24, 2.45) is 0 Å². The third-order valence-electron chi connectivity index (χ3n) is 3.53. The summed E-state index contributed by atoms with van der Waals surface area (Å²) in [4.78, 5) is 16.6. The fraction of sp³-hybridized carbons (Fsp3) is 0.167. The van der Waals surface area contributed by atoms with Gasteiger partial charge in [-0.2, -0.15) is 5.10 Å². The number of anilines is 1. The number of benzene rings is 1. The Kier molecular flexibility index (Phi) is 5.45. The van der Waals surface area contributed by atoms with E-state index in [0.717, 1.165) is 10.8 Å². The maximum absolute atomic E-state index is 13.8. The van der Waals surface area contributed by atoms with Gasteiger partial charge in [-0.05, 0) is 24.0 Å². The molecule has 1 aromatic carbocycles. The maximum atomic E-state index is 13.8. The lowest BCUT2D eigenvalue weighted by Gasteiger charge is -2.10. The van der Waals surface area contributed by atoms with E-state index >= 15 is 0 Å². The van der Waals surface area contributed by atoms with Gasteiger partial charge >= 0.3 is 0 Å². The third kappa shape index (κ3) is 4.24. The molecule has 3 rings (SSSR count). The molecule has 0 radical (unpaired) electrons. The summed E-state index contributed by atoms with van der Waals surface area (Å²) in [5, 5.41) is 7.82. The van der Waals surface area contributed by atoms with Crippen LogP contribution in [0, 0.1) is 5.82 Å². The lowest BCUT2D eigenvalue weighted by molar-refractivity contribution is 0.102. The van der Waals surface area contributed by atoms with Crippen molar-refractivity contribution in [2.75, 3.05) is 11.1 Å². The summed E-state index contributed by atoms with van der Waals surface area (Å²) in [5.41, 5.74) is 0.961. The summed E-state index contributed by atoms with van der Waals surface area (Å²) in [7, 11) is 0. The molecule has 25 heavy (non-hydrogen) atoms. The van der Waals surface area contributed by atoms with Gasteiger partial charge in [-0.3, -0.25) is 4.79 Å². The lowest BCUT2D eigenvalue weighted by atomic mass is 10.2. The molecule has 0 unspecified atom stereocenters. The summed E-state index contributed by atoms with van der Waals surface area (Å²) >= 11 is 1.61. The molecule has 0 fully saturated rings.